The molecule has 0 saturated carbocycles. The number of carboxylic acid groups (broad SMARTS) is 1. The Labute approximate surface area is 132 Å². The van der Waals surface area contributed by atoms with Crippen molar-refractivity contribution in [1.82, 2.24) is 14.5 Å². The highest BCUT2D eigenvalue weighted by Crippen LogP contribution is 2.31. The number of aromatic amines is 1. The predicted molar refractivity (Wildman–Crippen MR) is 80.1 cm³/mol. The quantitative estimate of drug-likeness (QED) is 0.861. The highest BCUT2D eigenvalue weighted by molar-refractivity contribution is 7.89. The van der Waals surface area contributed by atoms with Crippen LogP contribution in [0.5, 0.6) is 0 Å². The first-order valence-electron chi connectivity index (χ1n) is 6.22. The van der Waals surface area contributed by atoms with Crippen molar-refractivity contribution in [3.05, 3.63) is 46.7 Å². The number of rotatable bonds is 5. The molecule has 0 saturated heterocycles. The Balaban J connectivity index is 2.53. The zero-order chi connectivity index (χ0) is 16.5. The maximum absolute atomic E-state index is 12.6. The maximum Gasteiger partial charge on any atom is 0.326 e. The number of nitrogens with one attached hydrogen (secondary N) is 1. The number of halogens is 1. The lowest BCUT2D eigenvalue weighted by Gasteiger charge is -2.25. The molecular weight excluding hydrogens is 330 g/mol. The molecule has 0 aliphatic heterocycles. The average molecular weight is 344 g/mol. The van der Waals surface area contributed by atoms with Crippen molar-refractivity contribution in [3.8, 4) is 0 Å². The number of aliphatic carboxylic acids is 1. The number of nitrogens with zero attached hydrogens (tertiary/aromatic N) is 2. The van der Waals surface area contributed by atoms with E-state index in [2.05, 4.69) is 10.2 Å². The molecule has 2 aromatic rings. The Kier molecular flexibility index (Phi) is 4.55. The third kappa shape index (κ3) is 2.85. The second kappa shape index (κ2) is 6.07. The normalized spacial score (nSPS) is 13.3. The second-order valence-corrected chi connectivity index (χ2v) is 7.02. The van der Waals surface area contributed by atoms with Crippen molar-refractivity contribution < 1.29 is 18.3 Å². The summed E-state index contributed by atoms with van der Waals surface area (Å²) >= 11 is 6.01. The first kappa shape index (κ1) is 16.5. The van der Waals surface area contributed by atoms with Gasteiger partial charge >= 0.3 is 5.97 Å². The lowest BCUT2D eigenvalue weighted by molar-refractivity contribution is -0.141. The van der Waals surface area contributed by atoms with Crippen LogP contribution in [0.25, 0.3) is 0 Å². The summed E-state index contributed by atoms with van der Waals surface area (Å²) in [6.07, 6.45) is 1.15. The smallest absolute Gasteiger partial charge is 0.326 e. The molecule has 2 N–H and O–H groups in total. The summed E-state index contributed by atoms with van der Waals surface area (Å²) in [5, 5.41) is 15.8. The number of aromatic nitrogens is 2. The first-order chi connectivity index (χ1) is 10.3. The van der Waals surface area contributed by atoms with E-state index in [4.69, 9.17) is 11.6 Å². The zero-order valence-corrected chi connectivity index (χ0v) is 13.4. The highest BCUT2D eigenvalue weighted by atomic mass is 35.5. The van der Waals surface area contributed by atoms with Gasteiger partial charge in [0.15, 0.2) is 0 Å². The molecule has 2 rings (SSSR count). The molecule has 9 heteroatoms. The number of carboxylic acids is 1. The molecule has 0 fully saturated rings. The van der Waals surface area contributed by atoms with E-state index in [0.717, 1.165) is 10.5 Å². The summed E-state index contributed by atoms with van der Waals surface area (Å²) in [6, 6.07) is 4.79. The minimum atomic E-state index is -4.04. The van der Waals surface area contributed by atoms with Gasteiger partial charge in [0, 0.05) is 17.6 Å². The van der Waals surface area contributed by atoms with Crippen LogP contribution < -0.4 is 0 Å². The third-order valence-corrected chi connectivity index (χ3v) is 5.52. The SMILES string of the molecule is Cc1[nH]ncc1S(=O)(=O)N(C)C(C(=O)O)c1ccccc1Cl. The van der Waals surface area contributed by atoms with Crippen LogP contribution in [0.2, 0.25) is 5.02 Å². The molecule has 0 spiro atoms. The molecule has 22 heavy (non-hydrogen) atoms. The summed E-state index contributed by atoms with van der Waals surface area (Å²) in [5.74, 6) is -1.32. The van der Waals surface area contributed by atoms with Crippen LogP contribution in [-0.4, -0.2) is 41.0 Å². The Hall–Kier alpha value is -1.90. The second-order valence-electron chi connectivity index (χ2n) is 4.64. The molecular formula is C13H14ClN3O4S. The van der Waals surface area contributed by atoms with E-state index in [9.17, 15) is 18.3 Å². The third-order valence-electron chi connectivity index (χ3n) is 3.24. The van der Waals surface area contributed by atoms with Crippen molar-refractivity contribution in [2.24, 2.45) is 0 Å². The topological polar surface area (TPSA) is 103 Å². The van der Waals surface area contributed by atoms with Gasteiger partial charge in [0.25, 0.3) is 0 Å². The van der Waals surface area contributed by atoms with Gasteiger partial charge in [-0.25, -0.2) is 8.42 Å². The fourth-order valence-corrected chi connectivity index (χ4v) is 3.72. The van der Waals surface area contributed by atoms with Gasteiger partial charge < -0.3 is 5.11 Å². The standard InChI is InChI=1S/C13H14ClN3O4S/c1-8-11(7-15-16-8)22(20,21)17(2)12(13(18)19)9-5-3-4-6-10(9)14/h3-7,12H,1-2H3,(H,15,16)(H,18,19). The molecule has 1 unspecified atom stereocenters. The molecule has 1 atom stereocenters. The van der Waals surface area contributed by atoms with Gasteiger partial charge in [-0.2, -0.15) is 9.40 Å². The molecule has 0 radical (unpaired) electrons. The molecule has 1 aromatic carbocycles. The molecule has 118 valence electrons. The van der Waals surface area contributed by atoms with Gasteiger partial charge in [-0.3, -0.25) is 9.89 Å². The minimum absolute atomic E-state index is 0.0756. The summed E-state index contributed by atoms with van der Waals surface area (Å²) in [4.78, 5) is 11.5. The number of benzene rings is 1. The zero-order valence-electron chi connectivity index (χ0n) is 11.8. The molecule has 7 nitrogen and oxygen atoms in total. The van der Waals surface area contributed by atoms with Gasteiger partial charge in [-0.15, -0.1) is 0 Å². The van der Waals surface area contributed by atoms with Gasteiger partial charge in [0.1, 0.15) is 10.9 Å². The summed E-state index contributed by atoms with van der Waals surface area (Å²) < 4.78 is 26.0. The highest BCUT2D eigenvalue weighted by Gasteiger charge is 2.36. The molecule has 1 heterocycles. The predicted octanol–water partition coefficient (Wildman–Crippen LogP) is 1.82. The average Bonchev–Trinajstić information content (AvgIpc) is 2.87. The van der Waals surface area contributed by atoms with E-state index >= 15 is 0 Å². The van der Waals surface area contributed by atoms with Crippen LogP contribution >= 0.6 is 11.6 Å². The summed E-state index contributed by atoms with van der Waals surface area (Å²) in [5.41, 5.74) is 0.527. The van der Waals surface area contributed by atoms with E-state index in [0.29, 0.717) is 5.69 Å². The Morgan fingerprint density at radius 2 is 2.05 bits per heavy atom. The number of H-pyrrole nitrogens is 1. The van der Waals surface area contributed by atoms with Crippen LogP contribution in [-0.2, 0) is 14.8 Å². The number of aryl methyl sites for hydroxylation is 1. The largest absolute Gasteiger partial charge is 0.480 e. The Bertz CT molecular complexity index is 803. The Morgan fingerprint density at radius 3 is 2.55 bits per heavy atom. The number of likely N-dealkylation sites (N-methyl/N-ethyl adjacent to an activating group) is 1. The van der Waals surface area contributed by atoms with Crippen molar-refractivity contribution in [2.75, 3.05) is 7.05 Å². The van der Waals surface area contributed by atoms with Crippen LogP contribution in [0.3, 0.4) is 0 Å². The Morgan fingerprint density at radius 1 is 1.41 bits per heavy atom. The van der Waals surface area contributed by atoms with Crippen LogP contribution in [0.4, 0.5) is 0 Å². The van der Waals surface area contributed by atoms with Crippen molar-refractivity contribution in [1.29, 1.82) is 0 Å². The van der Waals surface area contributed by atoms with Crippen molar-refractivity contribution >= 4 is 27.6 Å². The molecule has 0 bridgehead atoms. The number of hydrogen-bond acceptors (Lipinski definition) is 4. The van der Waals surface area contributed by atoms with Crippen molar-refractivity contribution in [2.45, 2.75) is 17.9 Å². The van der Waals surface area contributed by atoms with E-state index in [1.807, 2.05) is 0 Å². The molecule has 0 amide bonds. The molecule has 0 aliphatic rings. The first-order valence-corrected chi connectivity index (χ1v) is 8.04. The van der Waals surface area contributed by atoms with E-state index in [1.54, 1.807) is 19.1 Å². The molecule has 0 aliphatic carbocycles. The van der Waals surface area contributed by atoms with Gasteiger partial charge in [0.05, 0.1) is 11.9 Å². The lowest BCUT2D eigenvalue weighted by atomic mass is 10.1. The van der Waals surface area contributed by atoms with E-state index in [1.165, 1.54) is 19.2 Å². The number of sulfonamides is 1. The minimum Gasteiger partial charge on any atom is -0.480 e. The molecule has 1 aromatic heterocycles. The number of hydrogen-bond donors (Lipinski definition) is 2. The van der Waals surface area contributed by atoms with Gasteiger partial charge in [-0.05, 0) is 13.0 Å². The van der Waals surface area contributed by atoms with Gasteiger partial charge in [0.2, 0.25) is 10.0 Å². The maximum atomic E-state index is 12.6. The fourth-order valence-electron chi connectivity index (χ4n) is 2.07. The lowest BCUT2D eigenvalue weighted by Crippen LogP contribution is -2.36. The van der Waals surface area contributed by atoms with E-state index < -0.39 is 22.0 Å². The van der Waals surface area contributed by atoms with Crippen molar-refractivity contribution in [3.63, 3.8) is 0 Å². The summed E-state index contributed by atoms with van der Waals surface area (Å²) in [7, 11) is -2.84. The van der Waals surface area contributed by atoms with Crippen LogP contribution in [0, 0.1) is 6.92 Å². The van der Waals surface area contributed by atoms with E-state index in [-0.39, 0.29) is 15.5 Å². The monoisotopic (exact) mass is 343 g/mol. The number of carbonyl (C=O) groups is 1. The fraction of sp³-hybridized carbons (Fsp3) is 0.231. The van der Waals surface area contributed by atoms with Crippen LogP contribution in [0.15, 0.2) is 35.4 Å². The van der Waals surface area contributed by atoms with Gasteiger partial charge in [-0.1, -0.05) is 29.8 Å². The van der Waals surface area contributed by atoms with Crippen LogP contribution in [0.1, 0.15) is 17.3 Å². The summed E-state index contributed by atoms with van der Waals surface area (Å²) in [6.45, 7) is 1.54.